The Morgan fingerprint density at radius 1 is 1.33 bits per heavy atom. The van der Waals surface area contributed by atoms with Crippen molar-refractivity contribution < 1.29 is 9.53 Å². The minimum atomic E-state index is -0.389. The van der Waals surface area contributed by atoms with Gasteiger partial charge in [-0.05, 0) is 44.4 Å². The van der Waals surface area contributed by atoms with E-state index in [9.17, 15) is 4.79 Å². The Kier molecular flexibility index (Phi) is 3.30. The third-order valence-corrected chi connectivity index (χ3v) is 3.26. The lowest BCUT2D eigenvalue weighted by Gasteiger charge is -2.20. The number of rotatable bonds is 4. The predicted molar refractivity (Wildman–Crippen MR) is 70.1 cm³/mol. The summed E-state index contributed by atoms with van der Waals surface area (Å²) in [4.78, 5) is 12.1. The van der Waals surface area contributed by atoms with Crippen LogP contribution in [0.5, 0.6) is 5.75 Å². The molecule has 1 amide bonds. The number of nitrogens with two attached hydrogens (primary N) is 1. The highest BCUT2D eigenvalue weighted by Crippen LogP contribution is 2.49. The molecule has 0 aromatic heterocycles. The monoisotopic (exact) mass is 248 g/mol. The molecule has 4 heteroatoms. The second kappa shape index (κ2) is 4.61. The van der Waals surface area contributed by atoms with E-state index in [0.29, 0.717) is 0 Å². The summed E-state index contributed by atoms with van der Waals surface area (Å²) in [6.07, 6.45) is 1.90. The van der Waals surface area contributed by atoms with Crippen LogP contribution in [0.1, 0.15) is 32.3 Å². The predicted octanol–water partition coefficient (Wildman–Crippen LogP) is 1.84. The van der Waals surface area contributed by atoms with Crippen LogP contribution in [0.4, 0.5) is 0 Å². The molecule has 0 bridgehead atoms. The first-order chi connectivity index (χ1) is 8.45. The van der Waals surface area contributed by atoms with Crippen molar-refractivity contribution in [2.24, 2.45) is 5.84 Å². The Morgan fingerprint density at radius 3 is 2.28 bits per heavy atom. The summed E-state index contributed by atoms with van der Waals surface area (Å²) in [6.45, 7) is 3.98. The third kappa shape index (κ3) is 2.34. The molecular weight excluding hydrogens is 228 g/mol. The van der Waals surface area contributed by atoms with Crippen molar-refractivity contribution in [2.45, 2.75) is 38.2 Å². The van der Waals surface area contributed by atoms with Crippen LogP contribution in [0.15, 0.2) is 24.3 Å². The highest BCUT2D eigenvalue weighted by atomic mass is 16.5. The molecule has 0 aliphatic heterocycles. The van der Waals surface area contributed by atoms with Crippen molar-refractivity contribution in [3.63, 3.8) is 0 Å². The van der Waals surface area contributed by atoms with Gasteiger partial charge in [0.1, 0.15) is 5.75 Å². The average Bonchev–Trinajstić information content (AvgIpc) is 3.09. The molecule has 0 unspecified atom stereocenters. The summed E-state index contributed by atoms with van der Waals surface area (Å²) >= 11 is 0. The first-order valence-corrected chi connectivity index (χ1v) is 6.26. The maximum Gasteiger partial charge on any atom is 0.246 e. The van der Waals surface area contributed by atoms with Gasteiger partial charge in [0, 0.05) is 7.05 Å². The fourth-order valence-corrected chi connectivity index (χ4v) is 2.21. The number of likely N-dealkylation sites (N-methyl/N-ethyl adjacent to an activating group) is 1. The number of benzene rings is 1. The lowest BCUT2D eigenvalue weighted by molar-refractivity contribution is -0.132. The van der Waals surface area contributed by atoms with Gasteiger partial charge in [0.05, 0.1) is 11.5 Å². The molecule has 1 saturated carbocycles. The zero-order chi connectivity index (χ0) is 13.3. The Labute approximate surface area is 108 Å². The molecule has 1 aromatic carbocycles. The van der Waals surface area contributed by atoms with E-state index in [1.807, 2.05) is 38.1 Å². The second-order valence-corrected chi connectivity index (χ2v) is 5.19. The lowest BCUT2D eigenvalue weighted by Crippen LogP contribution is -2.41. The highest BCUT2D eigenvalue weighted by Gasteiger charge is 2.52. The number of nitrogens with zero attached hydrogens (tertiary/aromatic N) is 1. The lowest BCUT2D eigenvalue weighted by atomic mass is 9.95. The molecule has 2 N–H and O–H groups in total. The minimum absolute atomic E-state index is 0.0139. The summed E-state index contributed by atoms with van der Waals surface area (Å²) in [6, 6.07) is 7.76. The van der Waals surface area contributed by atoms with Crippen LogP contribution in [0.2, 0.25) is 0 Å². The van der Waals surface area contributed by atoms with Crippen LogP contribution < -0.4 is 10.6 Å². The van der Waals surface area contributed by atoms with Crippen LogP contribution in [0, 0.1) is 0 Å². The molecule has 4 nitrogen and oxygen atoms in total. The molecule has 1 aliphatic carbocycles. The van der Waals surface area contributed by atoms with E-state index in [1.54, 1.807) is 7.05 Å². The minimum Gasteiger partial charge on any atom is -0.491 e. The van der Waals surface area contributed by atoms with Gasteiger partial charge in [0.15, 0.2) is 0 Å². The van der Waals surface area contributed by atoms with Gasteiger partial charge in [-0.1, -0.05) is 12.1 Å². The van der Waals surface area contributed by atoms with Crippen molar-refractivity contribution in [2.75, 3.05) is 7.05 Å². The van der Waals surface area contributed by atoms with Gasteiger partial charge in [-0.25, -0.2) is 5.84 Å². The van der Waals surface area contributed by atoms with E-state index in [4.69, 9.17) is 10.6 Å². The summed E-state index contributed by atoms with van der Waals surface area (Å²) in [5.41, 5.74) is 0.640. The number of hydrogen-bond donors (Lipinski definition) is 1. The molecule has 1 fully saturated rings. The molecule has 0 heterocycles. The average molecular weight is 248 g/mol. The van der Waals surface area contributed by atoms with Crippen LogP contribution in [-0.2, 0) is 10.2 Å². The number of hydrazine groups is 1. The molecule has 98 valence electrons. The summed E-state index contributed by atoms with van der Waals surface area (Å²) in [7, 11) is 1.60. The Balaban J connectivity index is 2.17. The summed E-state index contributed by atoms with van der Waals surface area (Å²) in [5, 5.41) is 1.19. The highest BCUT2D eigenvalue weighted by molar-refractivity contribution is 5.90. The van der Waals surface area contributed by atoms with E-state index in [-0.39, 0.29) is 17.4 Å². The van der Waals surface area contributed by atoms with Crippen molar-refractivity contribution in [3.8, 4) is 5.75 Å². The zero-order valence-electron chi connectivity index (χ0n) is 11.1. The van der Waals surface area contributed by atoms with Crippen LogP contribution in [0.3, 0.4) is 0 Å². The Morgan fingerprint density at radius 2 is 1.89 bits per heavy atom. The fraction of sp³-hybridized carbons (Fsp3) is 0.500. The molecule has 0 radical (unpaired) electrons. The first-order valence-electron chi connectivity index (χ1n) is 6.26. The van der Waals surface area contributed by atoms with E-state index >= 15 is 0 Å². The van der Waals surface area contributed by atoms with Crippen LogP contribution in [0.25, 0.3) is 0 Å². The molecule has 0 saturated heterocycles. The van der Waals surface area contributed by atoms with Crippen molar-refractivity contribution in [1.29, 1.82) is 0 Å². The first kappa shape index (κ1) is 12.9. The third-order valence-electron chi connectivity index (χ3n) is 3.26. The fourth-order valence-electron chi connectivity index (χ4n) is 2.21. The number of carbonyl (C=O) groups is 1. The number of hydrogen-bond acceptors (Lipinski definition) is 3. The summed E-state index contributed by atoms with van der Waals surface area (Å²) in [5.74, 6) is 6.37. The molecular formula is C14H20N2O2. The smallest absolute Gasteiger partial charge is 0.246 e. The molecule has 1 aliphatic rings. The topological polar surface area (TPSA) is 55.6 Å². The maximum absolute atomic E-state index is 12.1. The molecule has 1 aromatic rings. The SMILES string of the molecule is CC(C)Oc1ccc(C2(C(=O)N(C)N)CC2)cc1. The van der Waals surface area contributed by atoms with Crippen molar-refractivity contribution in [1.82, 2.24) is 5.01 Å². The van der Waals surface area contributed by atoms with Gasteiger partial charge >= 0.3 is 0 Å². The zero-order valence-corrected chi connectivity index (χ0v) is 11.1. The van der Waals surface area contributed by atoms with Gasteiger partial charge in [-0.3, -0.25) is 9.80 Å². The molecule has 0 atom stereocenters. The molecule has 2 rings (SSSR count). The van der Waals surface area contributed by atoms with Gasteiger partial charge in [-0.2, -0.15) is 0 Å². The largest absolute Gasteiger partial charge is 0.491 e. The van der Waals surface area contributed by atoms with Gasteiger partial charge < -0.3 is 4.74 Å². The molecule has 18 heavy (non-hydrogen) atoms. The van der Waals surface area contributed by atoms with Gasteiger partial charge in [0.25, 0.3) is 0 Å². The standard InChI is InChI=1S/C14H20N2O2/c1-10(2)18-12-6-4-11(5-7-12)14(8-9-14)13(17)16(3)15/h4-7,10H,8-9,15H2,1-3H3. The van der Waals surface area contributed by atoms with Crippen LogP contribution >= 0.6 is 0 Å². The normalized spacial score (nSPS) is 16.5. The summed E-state index contributed by atoms with van der Waals surface area (Å²) < 4.78 is 5.59. The maximum atomic E-state index is 12.1. The van der Waals surface area contributed by atoms with E-state index in [1.165, 1.54) is 5.01 Å². The van der Waals surface area contributed by atoms with Gasteiger partial charge in [0.2, 0.25) is 5.91 Å². The van der Waals surface area contributed by atoms with Crippen LogP contribution in [-0.4, -0.2) is 24.1 Å². The van der Waals surface area contributed by atoms with E-state index in [0.717, 1.165) is 24.2 Å². The quantitative estimate of drug-likeness (QED) is 0.502. The van der Waals surface area contributed by atoms with Crippen molar-refractivity contribution >= 4 is 5.91 Å². The Bertz CT molecular complexity index is 434. The number of ether oxygens (including phenoxy) is 1. The number of amides is 1. The van der Waals surface area contributed by atoms with Crippen molar-refractivity contribution in [3.05, 3.63) is 29.8 Å². The van der Waals surface area contributed by atoms with E-state index < -0.39 is 0 Å². The second-order valence-electron chi connectivity index (χ2n) is 5.19. The van der Waals surface area contributed by atoms with Gasteiger partial charge in [-0.15, -0.1) is 0 Å². The molecule has 0 spiro atoms. The number of carbonyl (C=O) groups excluding carboxylic acids is 1. The Hall–Kier alpha value is -1.55. The van der Waals surface area contributed by atoms with E-state index in [2.05, 4.69) is 0 Å².